The summed E-state index contributed by atoms with van der Waals surface area (Å²) in [5, 5.41) is 3.38. The van der Waals surface area contributed by atoms with E-state index < -0.39 is 28.5 Å². The predicted molar refractivity (Wildman–Crippen MR) is 159 cm³/mol. The lowest BCUT2D eigenvalue weighted by molar-refractivity contribution is -0.140. The minimum absolute atomic E-state index is 0.0737. The number of methoxy groups -OCH3 is 1. The lowest BCUT2D eigenvalue weighted by Crippen LogP contribution is -2.53. The Morgan fingerprint density at radius 3 is 2.33 bits per heavy atom. The maximum atomic E-state index is 14.1. The van der Waals surface area contributed by atoms with E-state index in [1.165, 1.54) is 4.90 Å². The van der Waals surface area contributed by atoms with Gasteiger partial charge in [0, 0.05) is 24.5 Å². The second-order valence-electron chi connectivity index (χ2n) is 9.57. The van der Waals surface area contributed by atoms with Gasteiger partial charge in [-0.15, -0.1) is 0 Å². The molecule has 0 aromatic heterocycles. The Kier molecular flexibility index (Phi) is 11.0. The zero-order valence-corrected chi connectivity index (χ0v) is 24.8. The molecule has 0 fully saturated rings. The highest BCUT2D eigenvalue weighted by Gasteiger charge is 2.33. The Bertz CT molecular complexity index is 1420. The van der Waals surface area contributed by atoms with Crippen molar-refractivity contribution < 1.29 is 22.7 Å². The Labute approximate surface area is 241 Å². The third kappa shape index (κ3) is 8.47. The van der Waals surface area contributed by atoms with Crippen LogP contribution in [0.2, 0.25) is 5.02 Å². The van der Waals surface area contributed by atoms with E-state index in [0.29, 0.717) is 28.6 Å². The van der Waals surface area contributed by atoms with Crippen molar-refractivity contribution in [1.29, 1.82) is 0 Å². The molecule has 214 valence electrons. The molecule has 0 heterocycles. The number of carbonyl (C=O) groups excluding carboxylic acids is 2. The highest BCUT2D eigenvalue weighted by molar-refractivity contribution is 7.92. The van der Waals surface area contributed by atoms with E-state index in [-0.39, 0.29) is 18.9 Å². The zero-order valence-electron chi connectivity index (χ0n) is 23.3. The van der Waals surface area contributed by atoms with Gasteiger partial charge in [0.1, 0.15) is 18.3 Å². The summed E-state index contributed by atoms with van der Waals surface area (Å²) in [6.45, 7) is 3.71. The first-order valence-corrected chi connectivity index (χ1v) is 15.2. The average molecular weight is 586 g/mol. The van der Waals surface area contributed by atoms with Gasteiger partial charge in [0.05, 0.1) is 19.1 Å². The van der Waals surface area contributed by atoms with Gasteiger partial charge in [-0.05, 0) is 60.4 Å². The first-order valence-electron chi connectivity index (χ1n) is 13.0. The Balaban J connectivity index is 2.07. The van der Waals surface area contributed by atoms with Crippen LogP contribution in [0.15, 0.2) is 72.8 Å². The largest absolute Gasteiger partial charge is 0.497 e. The molecule has 0 saturated heterocycles. The molecule has 10 heteroatoms. The van der Waals surface area contributed by atoms with Crippen molar-refractivity contribution in [2.75, 3.05) is 30.8 Å². The number of nitrogens with one attached hydrogen (secondary N) is 1. The summed E-state index contributed by atoms with van der Waals surface area (Å²) < 4.78 is 32.3. The van der Waals surface area contributed by atoms with E-state index in [9.17, 15) is 18.0 Å². The van der Waals surface area contributed by atoms with Crippen LogP contribution in [0, 0.1) is 6.92 Å². The molecule has 3 aromatic carbocycles. The number of rotatable bonds is 13. The second kappa shape index (κ2) is 14.2. The van der Waals surface area contributed by atoms with Gasteiger partial charge in [-0.3, -0.25) is 13.9 Å². The molecule has 0 aliphatic carbocycles. The number of benzene rings is 3. The molecule has 40 heavy (non-hydrogen) atoms. The molecule has 1 N–H and O–H groups in total. The molecule has 0 unspecified atom stereocenters. The normalized spacial score (nSPS) is 11.9. The summed E-state index contributed by atoms with van der Waals surface area (Å²) in [6, 6.07) is 20.6. The van der Waals surface area contributed by atoms with Gasteiger partial charge in [0.15, 0.2) is 0 Å². The molecule has 3 aromatic rings. The minimum Gasteiger partial charge on any atom is -0.497 e. The smallest absolute Gasteiger partial charge is 0.244 e. The van der Waals surface area contributed by atoms with Crippen molar-refractivity contribution >= 4 is 39.1 Å². The molecule has 0 spiro atoms. The number of aryl methyl sites for hydroxylation is 1. The van der Waals surface area contributed by atoms with Gasteiger partial charge in [0.25, 0.3) is 0 Å². The summed E-state index contributed by atoms with van der Waals surface area (Å²) in [7, 11) is -2.31. The Morgan fingerprint density at radius 1 is 1.00 bits per heavy atom. The van der Waals surface area contributed by atoms with Crippen LogP contribution in [0.3, 0.4) is 0 Å². The molecule has 0 aliphatic heterocycles. The summed E-state index contributed by atoms with van der Waals surface area (Å²) in [5.74, 6) is -0.222. The number of carbonyl (C=O) groups is 2. The lowest BCUT2D eigenvalue weighted by Gasteiger charge is -2.34. The van der Waals surface area contributed by atoms with Crippen LogP contribution in [0.4, 0.5) is 5.69 Å². The quantitative estimate of drug-likeness (QED) is 0.317. The number of amides is 2. The number of hydrogen-bond acceptors (Lipinski definition) is 5. The fourth-order valence-electron chi connectivity index (χ4n) is 4.38. The van der Waals surface area contributed by atoms with Crippen LogP contribution in [0.5, 0.6) is 5.75 Å². The molecule has 2 amide bonds. The Morgan fingerprint density at radius 2 is 1.70 bits per heavy atom. The number of anilines is 1. The van der Waals surface area contributed by atoms with Crippen molar-refractivity contribution in [3.8, 4) is 5.75 Å². The first-order chi connectivity index (χ1) is 19.0. The van der Waals surface area contributed by atoms with Crippen molar-refractivity contribution in [3.63, 3.8) is 0 Å². The van der Waals surface area contributed by atoms with E-state index in [4.69, 9.17) is 16.3 Å². The van der Waals surface area contributed by atoms with Gasteiger partial charge in [-0.25, -0.2) is 8.42 Å². The molecule has 0 radical (unpaired) electrons. The van der Waals surface area contributed by atoms with Crippen molar-refractivity contribution in [2.45, 2.75) is 39.3 Å². The zero-order chi connectivity index (χ0) is 29.3. The summed E-state index contributed by atoms with van der Waals surface area (Å²) in [6.07, 6.45) is 2.03. The van der Waals surface area contributed by atoms with Gasteiger partial charge in [-0.2, -0.15) is 0 Å². The summed E-state index contributed by atoms with van der Waals surface area (Å²) in [5.41, 5.74) is 2.56. The predicted octanol–water partition coefficient (Wildman–Crippen LogP) is 4.59. The summed E-state index contributed by atoms with van der Waals surface area (Å²) >= 11 is 6.10. The van der Waals surface area contributed by atoms with Crippen molar-refractivity contribution in [3.05, 3.63) is 94.5 Å². The van der Waals surface area contributed by atoms with E-state index >= 15 is 0 Å². The van der Waals surface area contributed by atoms with Crippen LogP contribution >= 0.6 is 11.6 Å². The molecule has 1 atom stereocenters. The van der Waals surface area contributed by atoms with E-state index in [1.807, 2.05) is 43.3 Å². The standard InChI is InChI=1S/C30H36ClN3O5S/c1-5-16-32-30(36)28(19-23-10-7-6-8-11-23)33(20-24-12-9-13-26(18-24)39-3)29(35)21-34(40(4,37)38)27-15-14-25(31)17-22(27)2/h6-15,17-18,28H,5,16,19-21H2,1-4H3,(H,32,36)/t28-/m0/s1. The molecule has 8 nitrogen and oxygen atoms in total. The van der Waals surface area contributed by atoms with Crippen molar-refractivity contribution in [1.82, 2.24) is 10.2 Å². The Hall–Kier alpha value is -3.56. The molecule has 0 saturated carbocycles. The number of halogens is 1. The fraction of sp³-hybridized carbons (Fsp3) is 0.333. The maximum Gasteiger partial charge on any atom is 0.244 e. The molecule has 3 rings (SSSR count). The fourth-order valence-corrected chi connectivity index (χ4v) is 5.51. The average Bonchev–Trinajstić information content (AvgIpc) is 2.92. The third-order valence-electron chi connectivity index (χ3n) is 6.41. The second-order valence-corrected chi connectivity index (χ2v) is 11.9. The van der Waals surface area contributed by atoms with Crippen molar-refractivity contribution in [2.24, 2.45) is 0 Å². The number of ether oxygens (including phenoxy) is 1. The topological polar surface area (TPSA) is 96.0 Å². The molecular weight excluding hydrogens is 550 g/mol. The van der Waals surface area contributed by atoms with Gasteiger partial charge < -0.3 is 15.0 Å². The van der Waals surface area contributed by atoms with E-state index in [0.717, 1.165) is 28.1 Å². The SMILES string of the molecule is CCCNC(=O)[C@H](Cc1ccccc1)N(Cc1cccc(OC)c1)C(=O)CN(c1ccc(Cl)cc1C)S(C)(=O)=O. The lowest BCUT2D eigenvalue weighted by atomic mass is 10.0. The molecular formula is C30H36ClN3O5S. The summed E-state index contributed by atoms with van der Waals surface area (Å²) in [4.78, 5) is 29.1. The monoisotopic (exact) mass is 585 g/mol. The molecule has 0 aliphatic rings. The van der Waals surface area contributed by atoms with E-state index in [1.54, 1.807) is 50.4 Å². The third-order valence-corrected chi connectivity index (χ3v) is 7.78. The van der Waals surface area contributed by atoms with Gasteiger partial charge >= 0.3 is 0 Å². The molecule has 0 bridgehead atoms. The van der Waals surface area contributed by atoms with Crippen LogP contribution in [-0.4, -0.2) is 57.6 Å². The van der Waals surface area contributed by atoms with Crippen LogP contribution < -0.4 is 14.4 Å². The highest BCUT2D eigenvalue weighted by atomic mass is 35.5. The van der Waals surface area contributed by atoms with Gasteiger partial charge in [-0.1, -0.05) is 61.0 Å². The van der Waals surface area contributed by atoms with Crippen LogP contribution in [0.1, 0.15) is 30.0 Å². The number of hydrogen-bond donors (Lipinski definition) is 1. The first kappa shape index (κ1) is 31.0. The van der Waals surface area contributed by atoms with E-state index in [2.05, 4.69) is 5.32 Å². The minimum atomic E-state index is -3.86. The number of nitrogens with zero attached hydrogens (tertiary/aromatic N) is 2. The van der Waals surface area contributed by atoms with Gasteiger partial charge in [0.2, 0.25) is 21.8 Å². The highest BCUT2D eigenvalue weighted by Crippen LogP contribution is 2.26. The van der Waals surface area contributed by atoms with Crippen LogP contribution in [0.25, 0.3) is 0 Å². The number of sulfonamides is 1. The van der Waals surface area contributed by atoms with Crippen LogP contribution in [-0.2, 0) is 32.6 Å². The maximum absolute atomic E-state index is 14.1.